The Morgan fingerprint density at radius 1 is 1.00 bits per heavy atom. The third-order valence-electron chi connectivity index (χ3n) is 3.08. The van der Waals surface area contributed by atoms with E-state index < -0.39 is 37.1 Å². The zero-order valence-electron chi connectivity index (χ0n) is 9.18. The molecule has 5 nitrogen and oxygen atoms in total. The van der Waals surface area contributed by atoms with Gasteiger partial charge in [-0.3, -0.25) is 0 Å². The van der Waals surface area contributed by atoms with Crippen molar-refractivity contribution >= 4 is 0 Å². The summed E-state index contributed by atoms with van der Waals surface area (Å²) in [4.78, 5) is 0. The molecule has 94 valence electrons. The summed E-state index contributed by atoms with van der Waals surface area (Å²) in [7, 11) is 0. The van der Waals surface area contributed by atoms with Crippen molar-refractivity contribution in [1.29, 1.82) is 0 Å². The van der Waals surface area contributed by atoms with E-state index >= 15 is 0 Å². The first-order chi connectivity index (χ1) is 8.15. The number of aliphatic hydroxyl groups is 4. The van der Waals surface area contributed by atoms with Crippen LogP contribution in [0, 0.1) is 0 Å². The molecule has 1 aliphatic heterocycles. The Hall–Kier alpha value is -0.980. The van der Waals surface area contributed by atoms with Crippen molar-refractivity contribution in [3.63, 3.8) is 0 Å². The van der Waals surface area contributed by atoms with Crippen LogP contribution in [-0.2, 0) is 4.74 Å². The molecule has 2 rings (SSSR count). The maximum absolute atomic E-state index is 9.96. The van der Waals surface area contributed by atoms with Crippen LogP contribution >= 0.6 is 0 Å². The fraction of sp³-hybridized carbons (Fsp3) is 0.500. The van der Waals surface area contributed by atoms with Crippen molar-refractivity contribution in [3.05, 3.63) is 35.9 Å². The number of benzene rings is 1. The molecule has 17 heavy (non-hydrogen) atoms. The van der Waals surface area contributed by atoms with E-state index in [0.717, 1.165) is 0 Å². The third kappa shape index (κ3) is 2.34. The third-order valence-corrected chi connectivity index (χ3v) is 3.08. The van der Waals surface area contributed by atoms with E-state index in [0.29, 0.717) is 5.56 Å². The lowest BCUT2D eigenvalue weighted by Crippen LogP contribution is -2.54. The summed E-state index contributed by atoms with van der Waals surface area (Å²) in [6.07, 6.45) is -4.58. The molecule has 0 amide bonds. The first-order valence-corrected chi connectivity index (χ1v) is 5.50. The molecule has 0 aliphatic carbocycles. The summed E-state index contributed by atoms with van der Waals surface area (Å²) >= 11 is 0. The van der Waals surface area contributed by atoms with Crippen LogP contribution in [0.3, 0.4) is 0 Å². The van der Waals surface area contributed by atoms with Crippen LogP contribution in [-0.4, -0.2) is 51.6 Å². The summed E-state index contributed by atoms with van der Waals surface area (Å²) in [5.74, 6) is -0.714. The fourth-order valence-corrected chi connectivity index (χ4v) is 2.13. The van der Waals surface area contributed by atoms with Crippen molar-refractivity contribution in [2.24, 2.45) is 0 Å². The van der Waals surface area contributed by atoms with Crippen LogP contribution in [0.4, 0.5) is 0 Å². The Balaban J connectivity index is 2.24. The Morgan fingerprint density at radius 2 is 1.65 bits per heavy atom. The summed E-state index contributed by atoms with van der Waals surface area (Å²) < 4.78 is 5.08. The number of rotatable bonds is 2. The highest BCUT2D eigenvalue weighted by Crippen LogP contribution is 2.32. The molecule has 1 heterocycles. The zero-order chi connectivity index (χ0) is 12.4. The second kappa shape index (κ2) is 5.12. The summed E-state index contributed by atoms with van der Waals surface area (Å²) in [6.45, 7) is -0.448. The first kappa shape index (κ1) is 12.5. The molecule has 0 saturated carbocycles. The van der Waals surface area contributed by atoms with Crippen molar-refractivity contribution in [3.8, 4) is 0 Å². The second-order valence-electron chi connectivity index (χ2n) is 4.17. The molecule has 0 spiro atoms. The van der Waals surface area contributed by atoms with Gasteiger partial charge in [0.2, 0.25) is 0 Å². The minimum Gasteiger partial charge on any atom is -0.394 e. The lowest BCUT2D eigenvalue weighted by Gasteiger charge is -2.40. The molecule has 1 aliphatic rings. The van der Waals surface area contributed by atoms with Crippen LogP contribution in [0.1, 0.15) is 11.5 Å². The van der Waals surface area contributed by atoms with Crippen LogP contribution < -0.4 is 0 Å². The smallest absolute Gasteiger partial charge is 0.164 e. The van der Waals surface area contributed by atoms with Gasteiger partial charge in [0, 0.05) is 0 Å². The Bertz CT molecular complexity index is 355. The van der Waals surface area contributed by atoms with Crippen molar-refractivity contribution in [2.45, 2.75) is 30.5 Å². The van der Waals surface area contributed by atoms with Crippen LogP contribution in [0.25, 0.3) is 0 Å². The quantitative estimate of drug-likeness (QED) is 0.543. The highest BCUT2D eigenvalue weighted by molar-refractivity contribution is 5.23. The number of hydrogen-bond acceptors (Lipinski definition) is 5. The SMILES string of the molecule is OC[C@H]1O[C@H](O)[C@@H](c2ccccc2)[C@@H](O)[C@@H]1O. The average Bonchev–Trinajstić information content (AvgIpc) is 2.35. The van der Waals surface area contributed by atoms with Crippen LogP contribution in [0.15, 0.2) is 30.3 Å². The summed E-state index contributed by atoms with van der Waals surface area (Å²) in [5.41, 5.74) is 0.683. The van der Waals surface area contributed by atoms with Crippen molar-refractivity contribution < 1.29 is 25.2 Å². The summed E-state index contributed by atoms with van der Waals surface area (Å²) in [6, 6.07) is 8.86. The zero-order valence-corrected chi connectivity index (χ0v) is 9.18. The maximum Gasteiger partial charge on any atom is 0.164 e. The number of hydrogen-bond donors (Lipinski definition) is 4. The maximum atomic E-state index is 9.96. The lowest BCUT2D eigenvalue weighted by atomic mass is 9.85. The molecular formula is C12H16O5. The molecular weight excluding hydrogens is 224 g/mol. The topological polar surface area (TPSA) is 90.2 Å². The lowest BCUT2D eigenvalue weighted by molar-refractivity contribution is -0.251. The van der Waals surface area contributed by atoms with Gasteiger partial charge in [-0.25, -0.2) is 0 Å². The largest absolute Gasteiger partial charge is 0.394 e. The Kier molecular flexibility index (Phi) is 3.76. The van der Waals surface area contributed by atoms with Crippen molar-refractivity contribution in [1.82, 2.24) is 0 Å². The predicted octanol–water partition coefficient (Wildman–Crippen LogP) is -0.799. The molecule has 1 aromatic rings. The van der Waals surface area contributed by atoms with Gasteiger partial charge in [-0.2, -0.15) is 0 Å². The minimum atomic E-state index is -1.24. The Labute approximate surface area is 98.9 Å². The fourth-order valence-electron chi connectivity index (χ4n) is 2.13. The number of ether oxygens (including phenoxy) is 1. The molecule has 0 unspecified atom stereocenters. The molecule has 1 saturated heterocycles. The van der Waals surface area contributed by atoms with Gasteiger partial charge in [0.25, 0.3) is 0 Å². The molecule has 0 aromatic heterocycles. The number of aliphatic hydroxyl groups excluding tert-OH is 4. The van der Waals surface area contributed by atoms with Gasteiger partial charge >= 0.3 is 0 Å². The molecule has 0 bridgehead atoms. The van der Waals surface area contributed by atoms with E-state index in [1.807, 2.05) is 6.07 Å². The van der Waals surface area contributed by atoms with Gasteiger partial charge in [-0.15, -0.1) is 0 Å². The molecule has 1 fully saturated rings. The van der Waals surface area contributed by atoms with Gasteiger partial charge in [0.15, 0.2) is 6.29 Å². The van der Waals surface area contributed by atoms with E-state index in [-0.39, 0.29) is 0 Å². The molecule has 5 atom stereocenters. The molecule has 4 N–H and O–H groups in total. The molecule has 0 radical (unpaired) electrons. The van der Waals surface area contributed by atoms with Crippen molar-refractivity contribution in [2.75, 3.05) is 6.61 Å². The average molecular weight is 240 g/mol. The predicted molar refractivity (Wildman–Crippen MR) is 59.2 cm³/mol. The first-order valence-electron chi connectivity index (χ1n) is 5.50. The highest BCUT2D eigenvalue weighted by Gasteiger charge is 2.44. The van der Waals surface area contributed by atoms with E-state index in [1.54, 1.807) is 24.3 Å². The highest BCUT2D eigenvalue weighted by atomic mass is 16.6. The molecule has 5 heteroatoms. The monoisotopic (exact) mass is 240 g/mol. The summed E-state index contributed by atoms with van der Waals surface area (Å²) in [5, 5.41) is 38.5. The minimum absolute atomic E-state index is 0.448. The molecule has 1 aromatic carbocycles. The normalized spacial score (nSPS) is 38.0. The van der Waals surface area contributed by atoms with Crippen LogP contribution in [0.5, 0.6) is 0 Å². The van der Waals surface area contributed by atoms with E-state index in [9.17, 15) is 15.3 Å². The van der Waals surface area contributed by atoms with Gasteiger partial charge < -0.3 is 25.2 Å². The Morgan fingerprint density at radius 3 is 2.24 bits per heavy atom. The van der Waals surface area contributed by atoms with Gasteiger partial charge in [-0.05, 0) is 5.56 Å². The standard InChI is InChI=1S/C12H16O5/c13-6-8-10(14)11(15)9(12(16)17-8)7-4-2-1-3-5-7/h1-5,8-16H,6H2/t8-,9+,10-,11-,12+/m1/s1. The van der Waals surface area contributed by atoms with E-state index in [1.165, 1.54) is 0 Å². The van der Waals surface area contributed by atoms with E-state index in [4.69, 9.17) is 9.84 Å². The van der Waals surface area contributed by atoms with Crippen LogP contribution in [0.2, 0.25) is 0 Å². The van der Waals surface area contributed by atoms with Gasteiger partial charge in [0.05, 0.1) is 18.6 Å². The van der Waals surface area contributed by atoms with Gasteiger partial charge in [-0.1, -0.05) is 30.3 Å². The van der Waals surface area contributed by atoms with Gasteiger partial charge in [0.1, 0.15) is 12.2 Å². The second-order valence-corrected chi connectivity index (χ2v) is 4.17. The van der Waals surface area contributed by atoms with E-state index in [2.05, 4.69) is 0 Å².